The van der Waals surface area contributed by atoms with E-state index in [0.717, 1.165) is 95.0 Å². The minimum Gasteiger partial charge on any atom is -0.496 e. The molecule has 115 heavy (non-hydrogen) atoms. The third-order valence-electron chi connectivity index (χ3n) is 27.1. The molecule has 0 bridgehead atoms. The Morgan fingerprint density at radius 3 is 1.23 bits per heavy atom. The van der Waals surface area contributed by atoms with Crippen LogP contribution in [0.4, 0.5) is 0 Å². The van der Waals surface area contributed by atoms with Crippen molar-refractivity contribution in [3.63, 3.8) is 0 Å². The number of benzene rings is 9. The molecule has 9 aromatic carbocycles. The molecule has 604 valence electrons. The molecule has 4 aliphatic carbocycles. The van der Waals surface area contributed by atoms with Gasteiger partial charge in [0.1, 0.15) is 54.6 Å². The van der Waals surface area contributed by atoms with E-state index in [2.05, 4.69) is 166 Å². The fourth-order valence-electron chi connectivity index (χ4n) is 21.5. The van der Waals surface area contributed by atoms with Gasteiger partial charge in [0, 0.05) is 6.42 Å². The number of methoxy groups -OCH3 is 1. The van der Waals surface area contributed by atoms with Crippen LogP contribution in [0.25, 0.3) is 0 Å². The van der Waals surface area contributed by atoms with Gasteiger partial charge in [0.05, 0.1) is 91.0 Å². The number of fused-ring (bicyclic) bond motifs is 5. The zero-order valence-corrected chi connectivity index (χ0v) is 66.9. The first-order valence-corrected chi connectivity index (χ1v) is 41.9. The highest BCUT2D eigenvalue weighted by Crippen LogP contribution is 2.74. The number of aliphatic carboxylic acids is 1. The van der Waals surface area contributed by atoms with Gasteiger partial charge < -0.3 is 62.3 Å². The lowest BCUT2D eigenvalue weighted by Crippen LogP contribution is -2.69. The minimum atomic E-state index is -0.982. The van der Waals surface area contributed by atoms with Crippen molar-refractivity contribution in [2.75, 3.05) is 20.3 Å². The summed E-state index contributed by atoms with van der Waals surface area (Å²) in [6, 6.07) is 88.0. The van der Waals surface area contributed by atoms with Crippen LogP contribution in [0, 0.1) is 58.2 Å². The van der Waals surface area contributed by atoms with Gasteiger partial charge in [0.25, 0.3) is 0 Å². The number of rotatable bonds is 35. The summed E-state index contributed by atoms with van der Waals surface area (Å²) in [6.07, 6.45) is -0.479. The third-order valence-corrected chi connectivity index (χ3v) is 27.1. The summed E-state index contributed by atoms with van der Waals surface area (Å²) in [5.41, 5.74) is 8.45. The van der Waals surface area contributed by atoms with Crippen LogP contribution in [0.3, 0.4) is 0 Å². The zero-order chi connectivity index (χ0) is 79.1. The van der Waals surface area contributed by atoms with E-state index in [-0.39, 0.29) is 124 Å². The molecule has 0 spiro atoms. The summed E-state index contributed by atoms with van der Waals surface area (Å²) in [7, 11) is 1.69. The summed E-state index contributed by atoms with van der Waals surface area (Å²) in [5.74, 6) is -1.43. The van der Waals surface area contributed by atoms with Gasteiger partial charge in [0.15, 0.2) is 0 Å². The second-order valence-electron chi connectivity index (χ2n) is 33.8. The normalized spacial score (nSPS) is 29.9. The summed E-state index contributed by atoms with van der Waals surface area (Å²) >= 11 is 0. The Bertz CT molecular complexity index is 4470. The van der Waals surface area contributed by atoms with E-state index in [4.69, 9.17) is 52.1 Å². The quantitative estimate of drug-likeness (QED) is 0.0383. The van der Waals surface area contributed by atoms with Crippen LogP contribution < -0.4 is 4.74 Å². The summed E-state index contributed by atoms with van der Waals surface area (Å²) in [6.45, 7) is 10.2. The molecule has 4 saturated carbocycles. The van der Waals surface area contributed by atoms with Gasteiger partial charge in [0.2, 0.25) is 0 Å². The highest BCUT2D eigenvalue weighted by molar-refractivity contribution is 5.88. The maximum Gasteiger partial charge on any atom is 0.335 e. The maximum atomic E-state index is 13.1. The maximum absolute atomic E-state index is 13.1. The Balaban J connectivity index is 0.916. The standard InChI is InChI=1S/C100H114O15/c1-67(45-50-88(101)102)81-47-48-82-89-80(90-94(110-61-72-37-21-9-22-38-72)96(112-63-74-41-25-11-26-42-74)92(108-59-70-33-17-7-18-34-70)86(114-90)65-106-57-68-29-13-5-14-30-68)55-78-53-76(79-54-77(98(103)104)46-49-85(79)105-4)51-52-99(78,2)83(89)56-84(100(81,82)3)91-95(111-62-73-39-23-10-24-40-73)97(113-64-75-43-27-12-28-44-75)93(109-60-71-35-19-8-20-36-71)87(115-91)66-107-58-69-31-15-6-16-32-69/h5-44,46,49,54,67,76,78,80-84,86-87,89-97H,45,47-48,50-53,55-66H2,1-4H3,(H,101,102)(H,103,104)/t67-,76-,78+,80+,81-,82?,83?,84+,86-,87-,89?,90?,91+,92-,93-,94+,95+,96+,97+,99+,100-/m1/s1. The number of carboxylic acid groups (broad SMARTS) is 2. The average Bonchev–Trinajstić information content (AvgIpc) is 1.68. The molecule has 9 aromatic rings. The van der Waals surface area contributed by atoms with Crippen molar-refractivity contribution >= 4 is 11.9 Å². The smallest absolute Gasteiger partial charge is 0.335 e. The van der Waals surface area contributed by atoms with Gasteiger partial charge in [-0.25, -0.2) is 4.79 Å². The van der Waals surface area contributed by atoms with Crippen molar-refractivity contribution in [1.29, 1.82) is 0 Å². The molecule has 2 heterocycles. The minimum absolute atomic E-state index is 0.000216. The molecule has 2 saturated heterocycles. The second-order valence-corrected chi connectivity index (χ2v) is 33.8. The van der Waals surface area contributed by atoms with Crippen LogP contribution in [0.15, 0.2) is 261 Å². The van der Waals surface area contributed by atoms with Crippen molar-refractivity contribution in [2.45, 2.75) is 198 Å². The SMILES string of the molecule is COc1ccc(C(=O)O)cc1[C@@H]1CC[C@]2(C)C3C[C@@H]([C@@H]4O[C@H](COCc5ccccc5)[C@@H](OCc5ccccc5)[C@H](OCc5ccccc5)[C@H]4OCc4ccccc4)[C@@]4(C)C(CC[C@@H]4[C@H](C)CCC(=O)O)C3[C@@H](C3O[C@H](COCc4ccccc4)[C@@H](OCc4ccccc4)[C@H](OCc4ccccc4)[C@H]3OCc3ccccc3)C[C@@H]2C1. The predicted molar refractivity (Wildman–Crippen MR) is 441 cm³/mol. The average molecular weight is 1560 g/mol. The van der Waals surface area contributed by atoms with Gasteiger partial charge in [-0.1, -0.05) is 263 Å². The molecule has 0 amide bonds. The van der Waals surface area contributed by atoms with Crippen LogP contribution in [0.1, 0.15) is 145 Å². The molecule has 0 radical (unpaired) electrons. The number of aromatic carboxylic acids is 1. The van der Waals surface area contributed by atoms with Crippen LogP contribution in [0.2, 0.25) is 0 Å². The second kappa shape index (κ2) is 38.6. The first-order chi connectivity index (χ1) is 56.3. The van der Waals surface area contributed by atoms with E-state index in [1.54, 1.807) is 13.2 Å². The van der Waals surface area contributed by atoms with Crippen molar-refractivity contribution in [2.24, 2.45) is 58.2 Å². The first-order valence-electron chi connectivity index (χ1n) is 41.9. The molecule has 15 rings (SSSR count). The van der Waals surface area contributed by atoms with Gasteiger partial charge in [-0.3, -0.25) is 4.79 Å². The number of hydrogen-bond donors (Lipinski definition) is 2. The van der Waals surface area contributed by atoms with E-state index in [9.17, 15) is 19.8 Å². The first kappa shape index (κ1) is 81.5. The number of carbonyl (C=O) groups is 2. The Morgan fingerprint density at radius 2 is 0.826 bits per heavy atom. The number of carboxylic acids is 2. The Morgan fingerprint density at radius 1 is 0.435 bits per heavy atom. The van der Waals surface area contributed by atoms with E-state index in [0.29, 0.717) is 25.4 Å². The van der Waals surface area contributed by atoms with Crippen molar-refractivity contribution in [1.82, 2.24) is 0 Å². The van der Waals surface area contributed by atoms with E-state index < -0.39 is 78.4 Å². The van der Waals surface area contributed by atoms with E-state index >= 15 is 0 Å². The van der Waals surface area contributed by atoms with Crippen molar-refractivity contribution in [3.05, 3.63) is 316 Å². The largest absolute Gasteiger partial charge is 0.496 e. The van der Waals surface area contributed by atoms with Crippen LogP contribution in [0.5, 0.6) is 5.75 Å². The molecule has 0 aromatic heterocycles. The third kappa shape index (κ3) is 19.1. The van der Waals surface area contributed by atoms with Gasteiger partial charge in [-0.15, -0.1) is 0 Å². The Kier molecular flexibility index (Phi) is 27.3. The molecule has 6 fully saturated rings. The number of hydrogen-bond acceptors (Lipinski definition) is 13. The van der Waals surface area contributed by atoms with Gasteiger partial charge in [-0.2, -0.15) is 0 Å². The topological polar surface area (TPSA) is 176 Å². The summed E-state index contributed by atoms with van der Waals surface area (Å²) in [4.78, 5) is 26.1. The molecular weight excluding hydrogens is 1440 g/mol. The fourth-order valence-corrected chi connectivity index (χ4v) is 21.5. The van der Waals surface area contributed by atoms with Crippen LogP contribution in [-0.4, -0.2) is 104 Å². The fraction of sp³-hybridized carbons (Fsp3) is 0.440. The molecule has 2 aliphatic heterocycles. The Labute approximate surface area is 679 Å². The van der Waals surface area contributed by atoms with Crippen LogP contribution in [-0.2, 0) is 105 Å². The molecule has 21 atom stereocenters. The lowest BCUT2D eigenvalue weighted by atomic mass is 9.38. The molecular formula is C100H114O15. The van der Waals surface area contributed by atoms with E-state index in [1.165, 1.54) is 0 Å². The van der Waals surface area contributed by atoms with E-state index in [1.807, 2.05) is 109 Å². The lowest BCUT2D eigenvalue weighted by Gasteiger charge is -2.68. The number of ether oxygens (including phenoxy) is 11. The predicted octanol–water partition coefficient (Wildman–Crippen LogP) is 19.6. The molecule has 4 unspecified atom stereocenters. The monoisotopic (exact) mass is 1550 g/mol. The zero-order valence-electron chi connectivity index (χ0n) is 66.9. The van der Waals surface area contributed by atoms with Crippen molar-refractivity contribution in [3.8, 4) is 5.75 Å². The molecule has 15 heteroatoms. The van der Waals surface area contributed by atoms with Gasteiger partial charge >= 0.3 is 11.9 Å². The van der Waals surface area contributed by atoms with Crippen molar-refractivity contribution < 1.29 is 71.9 Å². The van der Waals surface area contributed by atoms with Gasteiger partial charge in [-0.05, 0) is 184 Å². The highest BCUT2D eigenvalue weighted by Gasteiger charge is 2.71. The molecule has 6 aliphatic rings. The molecule has 15 nitrogen and oxygen atoms in total. The van der Waals surface area contributed by atoms with Crippen LogP contribution >= 0.6 is 0 Å². The lowest BCUT2D eigenvalue weighted by molar-refractivity contribution is -0.312. The highest BCUT2D eigenvalue weighted by atomic mass is 16.6. The summed E-state index contributed by atoms with van der Waals surface area (Å²) in [5, 5.41) is 21.4. The Hall–Kier alpha value is -8.68. The summed E-state index contributed by atoms with van der Waals surface area (Å²) < 4.78 is 82.5. The molecule has 2 N–H and O–H groups in total.